The van der Waals surface area contributed by atoms with Crippen LogP contribution in [0.4, 0.5) is 14.9 Å². The number of piperidine rings is 2. The zero-order valence-corrected chi connectivity index (χ0v) is 21.0. The molecule has 0 radical (unpaired) electrons. The van der Waals surface area contributed by atoms with Crippen LogP contribution in [0.2, 0.25) is 0 Å². The second kappa shape index (κ2) is 8.91. The van der Waals surface area contributed by atoms with Gasteiger partial charge in [-0.15, -0.1) is 0 Å². The average Bonchev–Trinajstić information content (AvgIpc) is 3.11. The molecule has 7 heteroatoms. The predicted octanol–water partition coefficient (Wildman–Crippen LogP) is 5.00. The largest absolute Gasteiger partial charge is 0.324 e. The molecular weight excluding hydrogens is 441 g/mol. The third-order valence-corrected chi connectivity index (χ3v) is 8.30. The van der Waals surface area contributed by atoms with E-state index in [-0.39, 0.29) is 17.0 Å². The summed E-state index contributed by atoms with van der Waals surface area (Å²) >= 11 is 0. The summed E-state index contributed by atoms with van der Waals surface area (Å²) in [4.78, 5) is 24.6. The van der Waals surface area contributed by atoms with Crippen LogP contribution in [0.5, 0.6) is 0 Å². The van der Waals surface area contributed by atoms with Gasteiger partial charge in [-0.25, -0.2) is 9.18 Å². The molecule has 2 aromatic rings. The molecule has 0 unspecified atom stereocenters. The molecule has 35 heavy (non-hydrogen) atoms. The minimum Gasteiger partial charge on any atom is -0.324 e. The van der Waals surface area contributed by atoms with E-state index < -0.39 is 5.82 Å². The van der Waals surface area contributed by atoms with Crippen molar-refractivity contribution in [2.75, 3.05) is 37.6 Å². The maximum absolute atomic E-state index is 14.0. The predicted molar refractivity (Wildman–Crippen MR) is 134 cm³/mol. The lowest BCUT2D eigenvalue weighted by atomic mass is 9.71. The van der Waals surface area contributed by atoms with Gasteiger partial charge in [-0.3, -0.25) is 14.8 Å². The van der Waals surface area contributed by atoms with Gasteiger partial charge < -0.3 is 4.90 Å². The molecule has 2 amide bonds. The SMILES string of the molecule is Cc1ccc2c(n1)C(C)(C)CN2C(=O)N1CCC2(CCN(Cc3ccc(C#N)c(F)c3)CC2)CC1. The smallest absolute Gasteiger partial charge is 0.324 e. The molecule has 0 N–H and O–H groups in total. The van der Waals surface area contributed by atoms with E-state index in [0.29, 0.717) is 18.5 Å². The second-order valence-corrected chi connectivity index (χ2v) is 11.3. The fourth-order valence-electron chi connectivity index (χ4n) is 6.03. The number of rotatable bonds is 2. The van der Waals surface area contributed by atoms with Crippen molar-refractivity contribution in [3.05, 3.63) is 58.7 Å². The van der Waals surface area contributed by atoms with Gasteiger partial charge in [0.05, 0.1) is 16.9 Å². The molecular formula is C28H34FN5O. The van der Waals surface area contributed by atoms with Crippen LogP contribution in [0.15, 0.2) is 30.3 Å². The molecule has 2 saturated heterocycles. The number of amides is 2. The number of aryl methyl sites for hydroxylation is 1. The third kappa shape index (κ3) is 4.52. The number of carbonyl (C=O) groups excluding carboxylic acids is 1. The van der Waals surface area contributed by atoms with Crippen molar-refractivity contribution in [1.29, 1.82) is 5.26 Å². The number of anilines is 1. The molecule has 4 heterocycles. The molecule has 5 rings (SSSR count). The summed E-state index contributed by atoms with van der Waals surface area (Å²) in [6.07, 6.45) is 4.29. The van der Waals surface area contributed by atoms with Crippen LogP contribution in [0.1, 0.15) is 62.0 Å². The average molecular weight is 476 g/mol. The summed E-state index contributed by atoms with van der Waals surface area (Å²) in [6.45, 7) is 11.3. The van der Waals surface area contributed by atoms with Crippen molar-refractivity contribution >= 4 is 11.7 Å². The Bertz CT molecular complexity index is 1170. The van der Waals surface area contributed by atoms with Crippen molar-refractivity contribution in [1.82, 2.24) is 14.8 Å². The molecule has 3 aliphatic heterocycles. The Labute approximate surface area is 207 Å². The van der Waals surface area contributed by atoms with E-state index in [1.54, 1.807) is 6.07 Å². The number of hydrogen-bond acceptors (Lipinski definition) is 4. The first-order chi connectivity index (χ1) is 16.7. The summed E-state index contributed by atoms with van der Waals surface area (Å²) in [5, 5.41) is 8.93. The number of halogens is 1. The highest BCUT2D eigenvalue weighted by Crippen LogP contribution is 2.43. The van der Waals surface area contributed by atoms with E-state index in [9.17, 15) is 9.18 Å². The Kier molecular flexibility index (Phi) is 6.04. The molecule has 1 aromatic carbocycles. The number of carbonyl (C=O) groups is 1. The van der Waals surface area contributed by atoms with Crippen LogP contribution < -0.4 is 4.90 Å². The van der Waals surface area contributed by atoms with E-state index in [1.807, 2.05) is 41.0 Å². The summed E-state index contributed by atoms with van der Waals surface area (Å²) in [5.74, 6) is -0.439. The summed E-state index contributed by atoms with van der Waals surface area (Å²) in [5.41, 5.74) is 4.13. The first kappa shape index (κ1) is 23.7. The molecule has 1 aromatic heterocycles. The van der Waals surface area contributed by atoms with Gasteiger partial charge in [-0.2, -0.15) is 5.26 Å². The number of hydrogen-bond donors (Lipinski definition) is 0. The fourth-order valence-corrected chi connectivity index (χ4v) is 6.03. The maximum Gasteiger partial charge on any atom is 0.324 e. The fraction of sp³-hybridized carbons (Fsp3) is 0.536. The van der Waals surface area contributed by atoms with Gasteiger partial charge in [0, 0.05) is 37.3 Å². The lowest BCUT2D eigenvalue weighted by molar-refractivity contribution is 0.0433. The number of likely N-dealkylation sites (tertiary alicyclic amines) is 2. The normalized spacial score (nSPS) is 21.1. The lowest BCUT2D eigenvalue weighted by Gasteiger charge is -2.47. The van der Waals surface area contributed by atoms with Crippen molar-refractivity contribution in [3.63, 3.8) is 0 Å². The van der Waals surface area contributed by atoms with Gasteiger partial charge in [0.15, 0.2) is 0 Å². The van der Waals surface area contributed by atoms with Crippen LogP contribution in [-0.4, -0.2) is 53.5 Å². The van der Waals surface area contributed by atoms with Gasteiger partial charge in [-0.1, -0.05) is 19.9 Å². The number of nitrogens with zero attached hydrogens (tertiary/aromatic N) is 5. The lowest BCUT2D eigenvalue weighted by Crippen LogP contribution is -2.51. The number of aromatic nitrogens is 1. The highest BCUT2D eigenvalue weighted by Gasteiger charge is 2.43. The molecule has 0 atom stereocenters. The summed E-state index contributed by atoms with van der Waals surface area (Å²) in [7, 11) is 0. The first-order valence-corrected chi connectivity index (χ1v) is 12.7. The van der Waals surface area contributed by atoms with E-state index in [4.69, 9.17) is 10.2 Å². The van der Waals surface area contributed by atoms with Crippen LogP contribution in [0.3, 0.4) is 0 Å². The van der Waals surface area contributed by atoms with Crippen molar-refractivity contribution in [3.8, 4) is 6.07 Å². The van der Waals surface area contributed by atoms with Crippen LogP contribution in [0.25, 0.3) is 0 Å². The van der Waals surface area contributed by atoms with Crippen molar-refractivity contribution < 1.29 is 9.18 Å². The van der Waals surface area contributed by atoms with E-state index in [0.717, 1.165) is 74.5 Å². The molecule has 184 valence electrons. The Morgan fingerprint density at radius 3 is 2.43 bits per heavy atom. The maximum atomic E-state index is 14.0. The van der Waals surface area contributed by atoms with Gasteiger partial charge in [-0.05, 0) is 80.9 Å². The minimum atomic E-state index is -0.439. The zero-order valence-electron chi connectivity index (χ0n) is 21.0. The number of fused-ring (bicyclic) bond motifs is 1. The molecule has 0 saturated carbocycles. The Morgan fingerprint density at radius 1 is 1.09 bits per heavy atom. The number of benzene rings is 1. The highest BCUT2D eigenvalue weighted by molar-refractivity contribution is 5.94. The van der Waals surface area contributed by atoms with Gasteiger partial charge in [0.2, 0.25) is 0 Å². The number of nitriles is 1. The Morgan fingerprint density at radius 2 is 1.77 bits per heavy atom. The molecule has 1 spiro atoms. The first-order valence-electron chi connectivity index (χ1n) is 12.7. The summed E-state index contributed by atoms with van der Waals surface area (Å²) < 4.78 is 14.0. The molecule has 6 nitrogen and oxygen atoms in total. The molecule has 0 aliphatic carbocycles. The Hall–Kier alpha value is -2.98. The van der Waals surface area contributed by atoms with Crippen LogP contribution >= 0.6 is 0 Å². The van der Waals surface area contributed by atoms with Crippen LogP contribution in [0, 0.1) is 29.5 Å². The van der Waals surface area contributed by atoms with Gasteiger partial charge in [0.1, 0.15) is 11.9 Å². The quantitative estimate of drug-likeness (QED) is 0.613. The summed E-state index contributed by atoms with van der Waals surface area (Å²) in [6, 6.07) is 10.9. The third-order valence-electron chi connectivity index (χ3n) is 8.30. The monoisotopic (exact) mass is 475 g/mol. The van der Waals surface area contributed by atoms with E-state index in [1.165, 1.54) is 6.07 Å². The zero-order chi connectivity index (χ0) is 24.8. The minimum absolute atomic E-state index is 0.0972. The highest BCUT2D eigenvalue weighted by atomic mass is 19.1. The van der Waals surface area contributed by atoms with Gasteiger partial charge >= 0.3 is 6.03 Å². The number of urea groups is 1. The molecule has 2 fully saturated rings. The van der Waals surface area contributed by atoms with Crippen LogP contribution in [-0.2, 0) is 12.0 Å². The van der Waals surface area contributed by atoms with Gasteiger partial charge in [0.25, 0.3) is 0 Å². The van der Waals surface area contributed by atoms with Crippen molar-refractivity contribution in [2.45, 2.75) is 58.4 Å². The second-order valence-electron chi connectivity index (χ2n) is 11.3. The molecule has 3 aliphatic rings. The van der Waals surface area contributed by atoms with Crippen molar-refractivity contribution in [2.24, 2.45) is 5.41 Å². The standard InChI is InChI=1S/C28H34FN5O/c1-20-4-7-24-25(31-20)27(2,3)19-34(24)26(35)33-14-10-28(11-15-33)8-12-32(13-9-28)18-21-5-6-22(17-30)23(29)16-21/h4-7,16H,8-15,18-19H2,1-3H3. The Balaban J connectivity index is 1.17. The number of pyridine rings is 1. The topological polar surface area (TPSA) is 63.5 Å². The molecule has 0 bridgehead atoms. The van der Waals surface area contributed by atoms with E-state index in [2.05, 4.69) is 18.7 Å². The van der Waals surface area contributed by atoms with E-state index >= 15 is 0 Å².